The van der Waals surface area contributed by atoms with E-state index in [1.165, 1.54) is 11.0 Å². The number of carbonyl (C=O) groups is 2. The first kappa shape index (κ1) is 19.2. The van der Waals surface area contributed by atoms with Gasteiger partial charge in [-0.25, -0.2) is 8.78 Å². The van der Waals surface area contributed by atoms with E-state index in [0.29, 0.717) is 17.8 Å². The van der Waals surface area contributed by atoms with Crippen molar-refractivity contribution in [1.82, 2.24) is 0 Å². The molecule has 29 heavy (non-hydrogen) atoms. The Morgan fingerprint density at radius 2 is 1.93 bits per heavy atom. The van der Waals surface area contributed by atoms with Crippen LogP contribution in [0, 0.1) is 31.4 Å². The fraction of sp³-hybridized carbons (Fsp3) is 0.318. The van der Waals surface area contributed by atoms with Gasteiger partial charge in [-0.05, 0) is 68.5 Å². The van der Waals surface area contributed by atoms with Gasteiger partial charge < -0.3 is 10.2 Å². The van der Waals surface area contributed by atoms with Gasteiger partial charge in [-0.2, -0.15) is 0 Å². The van der Waals surface area contributed by atoms with Crippen LogP contribution in [-0.2, 0) is 9.59 Å². The molecule has 1 atom stereocenters. The van der Waals surface area contributed by atoms with Crippen LogP contribution >= 0.6 is 0 Å². The summed E-state index contributed by atoms with van der Waals surface area (Å²) in [7, 11) is 0. The van der Waals surface area contributed by atoms with Gasteiger partial charge in [0.2, 0.25) is 11.8 Å². The van der Waals surface area contributed by atoms with E-state index >= 15 is 0 Å². The van der Waals surface area contributed by atoms with Crippen LogP contribution in [-0.4, -0.2) is 24.1 Å². The van der Waals surface area contributed by atoms with Crippen molar-refractivity contribution >= 4 is 34.6 Å². The van der Waals surface area contributed by atoms with Crippen molar-refractivity contribution in [2.75, 3.05) is 16.8 Å². The standard InChI is InChI=1S/C22H21F2N3O2/c1-12-8-19-20(9-13(12)2)27(22(29)15-4-3-5-18(15)26-19)11-21(28)25-14-6-7-16(23)17(24)10-14/h6-10,15H,3-5,11H2,1-2H3,(H,25,28)/t15-/m0/s1. The maximum absolute atomic E-state index is 13.4. The monoisotopic (exact) mass is 397 g/mol. The number of aryl methyl sites for hydroxylation is 2. The van der Waals surface area contributed by atoms with Crippen molar-refractivity contribution in [3.63, 3.8) is 0 Å². The highest BCUT2D eigenvalue weighted by atomic mass is 19.2. The van der Waals surface area contributed by atoms with Gasteiger partial charge in [-0.15, -0.1) is 0 Å². The van der Waals surface area contributed by atoms with E-state index in [4.69, 9.17) is 4.99 Å². The molecule has 0 bridgehead atoms. The maximum atomic E-state index is 13.4. The van der Waals surface area contributed by atoms with Crippen molar-refractivity contribution < 1.29 is 18.4 Å². The van der Waals surface area contributed by atoms with E-state index in [1.807, 2.05) is 26.0 Å². The zero-order valence-corrected chi connectivity index (χ0v) is 16.3. The van der Waals surface area contributed by atoms with E-state index in [-0.39, 0.29) is 24.1 Å². The average Bonchev–Trinajstić information content (AvgIpc) is 3.10. The van der Waals surface area contributed by atoms with Gasteiger partial charge in [-0.1, -0.05) is 0 Å². The molecule has 0 radical (unpaired) electrons. The minimum absolute atomic E-state index is 0.134. The lowest BCUT2D eigenvalue weighted by atomic mass is 10.0. The molecule has 1 aliphatic carbocycles. The number of anilines is 2. The molecule has 5 nitrogen and oxygen atoms in total. The van der Waals surface area contributed by atoms with Crippen LogP contribution < -0.4 is 10.2 Å². The number of carbonyl (C=O) groups excluding carboxylic acids is 2. The first-order valence-electron chi connectivity index (χ1n) is 9.58. The number of fused-ring (bicyclic) bond motifs is 2. The highest BCUT2D eigenvalue weighted by molar-refractivity contribution is 6.16. The van der Waals surface area contributed by atoms with Gasteiger partial charge in [0.25, 0.3) is 0 Å². The Hall–Kier alpha value is -3.09. The molecular weight excluding hydrogens is 376 g/mol. The Morgan fingerprint density at radius 1 is 1.17 bits per heavy atom. The van der Waals surface area contributed by atoms with E-state index in [1.54, 1.807) is 0 Å². The largest absolute Gasteiger partial charge is 0.324 e. The zero-order valence-electron chi connectivity index (χ0n) is 16.3. The maximum Gasteiger partial charge on any atom is 0.244 e. The van der Waals surface area contributed by atoms with Gasteiger partial charge in [-0.3, -0.25) is 14.6 Å². The number of rotatable bonds is 3. The minimum Gasteiger partial charge on any atom is -0.324 e. The number of nitrogens with zero attached hydrogens (tertiary/aromatic N) is 2. The van der Waals surface area contributed by atoms with Crippen LogP contribution in [0.25, 0.3) is 0 Å². The quantitative estimate of drug-likeness (QED) is 0.832. The summed E-state index contributed by atoms with van der Waals surface area (Å²) >= 11 is 0. The normalized spacial score (nSPS) is 18.1. The molecule has 2 amide bonds. The highest BCUT2D eigenvalue weighted by Crippen LogP contribution is 2.39. The van der Waals surface area contributed by atoms with Gasteiger partial charge in [0.1, 0.15) is 6.54 Å². The lowest BCUT2D eigenvalue weighted by Gasteiger charge is -2.25. The molecule has 0 saturated heterocycles. The summed E-state index contributed by atoms with van der Waals surface area (Å²) in [5.41, 5.74) is 4.33. The SMILES string of the molecule is Cc1cc2c(cc1C)N(CC(=O)Nc1ccc(F)c(F)c1)C(=O)[C@H]1CCCC1=N2. The van der Waals surface area contributed by atoms with Crippen molar-refractivity contribution in [1.29, 1.82) is 0 Å². The first-order chi connectivity index (χ1) is 13.8. The topological polar surface area (TPSA) is 61.8 Å². The van der Waals surface area contributed by atoms with Gasteiger partial charge in [0.05, 0.1) is 17.3 Å². The third kappa shape index (κ3) is 3.64. The summed E-state index contributed by atoms with van der Waals surface area (Å²) in [6.07, 6.45) is 2.38. The first-order valence-corrected chi connectivity index (χ1v) is 9.58. The lowest BCUT2D eigenvalue weighted by Crippen LogP contribution is -2.42. The van der Waals surface area contributed by atoms with Gasteiger partial charge >= 0.3 is 0 Å². The minimum atomic E-state index is -1.05. The Kier molecular flexibility index (Phi) is 4.90. The molecule has 0 aromatic heterocycles. The van der Waals surface area contributed by atoms with Crippen molar-refractivity contribution in [2.24, 2.45) is 10.9 Å². The molecule has 2 aliphatic rings. The zero-order chi connectivity index (χ0) is 20.7. The fourth-order valence-electron chi connectivity index (χ4n) is 3.86. The molecule has 2 aromatic carbocycles. The van der Waals surface area contributed by atoms with Gasteiger partial charge in [0, 0.05) is 17.5 Å². The van der Waals surface area contributed by atoms with Gasteiger partial charge in [0.15, 0.2) is 11.6 Å². The van der Waals surface area contributed by atoms with Crippen LogP contribution in [0.15, 0.2) is 35.3 Å². The summed E-state index contributed by atoms with van der Waals surface area (Å²) in [5, 5.41) is 2.54. The van der Waals surface area contributed by atoms with Crippen LogP contribution in [0.5, 0.6) is 0 Å². The second kappa shape index (κ2) is 7.39. The number of benzene rings is 2. The molecule has 7 heteroatoms. The lowest BCUT2D eigenvalue weighted by molar-refractivity contribution is -0.122. The smallest absolute Gasteiger partial charge is 0.244 e. The summed E-state index contributed by atoms with van der Waals surface area (Å²) in [5.74, 6) is -3.00. The highest BCUT2D eigenvalue weighted by Gasteiger charge is 2.37. The molecule has 2 aromatic rings. The molecule has 0 spiro atoms. The average molecular weight is 397 g/mol. The number of aliphatic imine (C=N–C) groups is 1. The number of hydrogen-bond acceptors (Lipinski definition) is 3. The van der Waals surface area contributed by atoms with Crippen LogP contribution in [0.4, 0.5) is 25.8 Å². The Bertz CT molecular complexity index is 1050. The second-order valence-electron chi connectivity index (χ2n) is 7.57. The van der Waals surface area contributed by atoms with Crippen molar-refractivity contribution in [2.45, 2.75) is 33.1 Å². The molecule has 1 fully saturated rings. The number of nitrogens with one attached hydrogen (secondary N) is 1. The molecule has 150 valence electrons. The summed E-state index contributed by atoms with van der Waals surface area (Å²) < 4.78 is 26.5. The number of amides is 2. The third-order valence-electron chi connectivity index (χ3n) is 5.54. The van der Waals surface area contributed by atoms with Crippen molar-refractivity contribution in [3.05, 3.63) is 53.1 Å². The van der Waals surface area contributed by atoms with E-state index < -0.39 is 17.5 Å². The summed E-state index contributed by atoms with van der Waals surface area (Å²) in [4.78, 5) is 32.1. The van der Waals surface area contributed by atoms with Crippen LogP contribution in [0.1, 0.15) is 30.4 Å². The molecular formula is C22H21F2N3O2. The third-order valence-corrected chi connectivity index (χ3v) is 5.54. The van der Waals surface area contributed by atoms with E-state index in [9.17, 15) is 18.4 Å². The summed E-state index contributed by atoms with van der Waals surface area (Å²) in [6.45, 7) is 3.69. The molecule has 0 unspecified atom stereocenters. The number of halogens is 2. The second-order valence-corrected chi connectivity index (χ2v) is 7.57. The van der Waals surface area contributed by atoms with Crippen molar-refractivity contribution in [3.8, 4) is 0 Å². The Balaban J connectivity index is 1.65. The van der Waals surface area contributed by atoms with Crippen LogP contribution in [0.3, 0.4) is 0 Å². The Morgan fingerprint density at radius 3 is 2.69 bits per heavy atom. The summed E-state index contributed by atoms with van der Waals surface area (Å²) in [6, 6.07) is 6.95. The van der Waals surface area contributed by atoms with E-state index in [0.717, 1.165) is 41.8 Å². The number of hydrogen-bond donors (Lipinski definition) is 1. The Labute approximate surface area is 167 Å². The fourth-order valence-corrected chi connectivity index (χ4v) is 3.86. The van der Waals surface area contributed by atoms with Crippen LogP contribution in [0.2, 0.25) is 0 Å². The molecule has 1 heterocycles. The molecule has 4 rings (SSSR count). The molecule has 1 N–H and O–H groups in total. The predicted octanol–water partition coefficient (Wildman–Crippen LogP) is 4.44. The molecule has 1 saturated carbocycles. The van der Waals surface area contributed by atoms with E-state index in [2.05, 4.69) is 5.32 Å². The molecule has 1 aliphatic heterocycles. The predicted molar refractivity (Wildman–Crippen MR) is 108 cm³/mol.